The minimum absolute atomic E-state index is 0.257. The van der Waals surface area contributed by atoms with Crippen LogP contribution >= 0.6 is 0 Å². The zero-order chi connectivity index (χ0) is 28.3. The second kappa shape index (κ2) is 11.2. The number of aromatic amines is 1. The van der Waals surface area contributed by atoms with E-state index in [2.05, 4.69) is 63.9 Å². The zero-order valence-electron chi connectivity index (χ0n) is 23.3. The fourth-order valence-electron chi connectivity index (χ4n) is 4.66. The Morgan fingerprint density at radius 3 is 2.65 bits per heavy atom. The second-order valence-electron chi connectivity index (χ2n) is 11.1. The molecule has 8 heteroatoms. The second-order valence-corrected chi connectivity index (χ2v) is 11.1. The van der Waals surface area contributed by atoms with E-state index < -0.39 is 5.60 Å². The SMILES string of the molecule is Cc1c(Nc2c(C#N)cncc2C=Cc2ccc(CNC3CN(C(=O)OC(C)(C)C)C3)cc2)ccc2[nH]ccc12. The highest BCUT2D eigenvalue weighted by Crippen LogP contribution is 2.31. The van der Waals surface area contributed by atoms with Crippen LogP contribution in [0.15, 0.2) is 61.1 Å². The maximum Gasteiger partial charge on any atom is 0.410 e. The van der Waals surface area contributed by atoms with Crippen molar-refractivity contribution in [3.8, 4) is 6.07 Å². The molecule has 1 aliphatic heterocycles. The number of nitrogens with one attached hydrogen (secondary N) is 3. The van der Waals surface area contributed by atoms with Gasteiger partial charge in [-0.1, -0.05) is 36.4 Å². The van der Waals surface area contributed by atoms with Gasteiger partial charge in [-0.15, -0.1) is 0 Å². The Morgan fingerprint density at radius 2 is 1.93 bits per heavy atom. The van der Waals surface area contributed by atoms with Crippen LogP contribution in [0.2, 0.25) is 0 Å². The number of rotatable bonds is 7. The molecule has 1 fully saturated rings. The lowest BCUT2D eigenvalue weighted by Crippen LogP contribution is -2.60. The lowest BCUT2D eigenvalue weighted by molar-refractivity contribution is 0.00518. The number of ether oxygens (including phenoxy) is 1. The van der Waals surface area contributed by atoms with Crippen molar-refractivity contribution in [2.45, 2.75) is 45.9 Å². The van der Waals surface area contributed by atoms with Crippen LogP contribution in [-0.2, 0) is 11.3 Å². The fraction of sp³-hybridized carbons (Fsp3) is 0.281. The Kier molecular flexibility index (Phi) is 7.58. The number of benzene rings is 2. The molecular formula is C32H34N6O2. The summed E-state index contributed by atoms with van der Waals surface area (Å²) in [4.78, 5) is 21.3. The third-order valence-electron chi connectivity index (χ3n) is 6.92. The van der Waals surface area contributed by atoms with E-state index in [9.17, 15) is 10.1 Å². The van der Waals surface area contributed by atoms with Gasteiger partial charge in [0.15, 0.2) is 0 Å². The van der Waals surface area contributed by atoms with Gasteiger partial charge in [0.1, 0.15) is 11.7 Å². The van der Waals surface area contributed by atoms with Gasteiger partial charge in [-0.3, -0.25) is 4.98 Å². The van der Waals surface area contributed by atoms with Crippen molar-refractivity contribution in [1.29, 1.82) is 5.26 Å². The summed E-state index contributed by atoms with van der Waals surface area (Å²) >= 11 is 0. The molecule has 8 nitrogen and oxygen atoms in total. The largest absolute Gasteiger partial charge is 0.444 e. The van der Waals surface area contributed by atoms with Crippen molar-refractivity contribution in [2.24, 2.45) is 0 Å². The topological polar surface area (TPSA) is 106 Å². The number of anilines is 2. The molecule has 0 atom stereocenters. The van der Waals surface area contributed by atoms with Crippen LogP contribution in [0, 0.1) is 18.3 Å². The Hall–Kier alpha value is -4.61. The Morgan fingerprint density at radius 1 is 1.15 bits per heavy atom. The smallest absolute Gasteiger partial charge is 0.410 e. The summed E-state index contributed by atoms with van der Waals surface area (Å²) in [5, 5.41) is 17.9. The van der Waals surface area contributed by atoms with Crippen LogP contribution < -0.4 is 10.6 Å². The maximum atomic E-state index is 12.1. The van der Waals surface area contributed by atoms with Gasteiger partial charge in [0.2, 0.25) is 0 Å². The highest BCUT2D eigenvalue weighted by molar-refractivity contribution is 5.90. The van der Waals surface area contributed by atoms with Crippen molar-refractivity contribution in [2.75, 3.05) is 18.4 Å². The average molecular weight is 535 g/mol. The first-order valence-electron chi connectivity index (χ1n) is 13.4. The molecule has 204 valence electrons. The summed E-state index contributed by atoms with van der Waals surface area (Å²) in [6.07, 6.45) is 9.02. The third-order valence-corrected chi connectivity index (χ3v) is 6.92. The van der Waals surface area contributed by atoms with Crippen LogP contribution in [0.3, 0.4) is 0 Å². The van der Waals surface area contributed by atoms with Gasteiger partial charge in [-0.05, 0) is 62.6 Å². The van der Waals surface area contributed by atoms with Gasteiger partial charge in [0.25, 0.3) is 0 Å². The number of pyridine rings is 1. The van der Waals surface area contributed by atoms with Crippen LogP contribution in [0.4, 0.5) is 16.2 Å². The predicted molar refractivity (Wildman–Crippen MR) is 159 cm³/mol. The van der Waals surface area contributed by atoms with Crippen molar-refractivity contribution in [3.63, 3.8) is 0 Å². The molecule has 2 aromatic heterocycles. The van der Waals surface area contributed by atoms with Crippen LogP contribution in [-0.4, -0.2) is 45.7 Å². The van der Waals surface area contributed by atoms with Crippen LogP contribution in [0.25, 0.3) is 23.1 Å². The molecule has 5 rings (SSSR count). The number of nitrogens with zero attached hydrogens (tertiary/aromatic N) is 3. The van der Waals surface area contributed by atoms with E-state index in [-0.39, 0.29) is 12.1 Å². The number of carbonyl (C=O) groups excluding carboxylic acids is 1. The monoisotopic (exact) mass is 534 g/mol. The highest BCUT2D eigenvalue weighted by atomic mass is 16.6. The number of carbonyl (C=O) groups is 1. The Bertz CT molecular complexity index is 1580. The number of likely N-dealkylation sites (tertiary alicyclic amines) is 1. The van der Waals surface area contributed by atoms with Gasteiger partial charge in [0, 0.05) is 66.4 Å². The summed E-state index contributed by atoms with van der Waals surface area (Å²) in [6.45, 7) is 9.73. The number of amides is 1. The zero-order valence-corrected chi connectivity index (χ0v) is 23.3. The molecule has 0 aliphatic carbocycles. The summed E-state index contributed by atoms with van der Waals surface area (Å²) in [6, 6.07) is 17.0. The van der Waals surface area contributed by atoms with E-state index in [1.54, 1.807) is 17.3 Å². The molecule has 0 saturated carbocycles. The molecule has 2 aromatic carbocycles. The van der Waals surface area contributed by atoms with Crippen molar-refractivity contribution in [1.82, 2.24) is 20.2 Å². The van der Waals surface area contributed by atoms with E-state index in [0.717, 1.165) is 45.5 Å². The predicted octanol–water partition coefficient (Wildman–Crippen LogP) is 6.37. The summed E-state index contributed by atoms with van der Waals surface area (Å²) in [7, 11) is 0. The minimum Gasteiger partial charge on any atom is -0.444 e. The van der Waals surface area contributed by atoms with E-state index >= 15 is 0 Å². The summed E-state index contributed by atoms with van der Waals surface area (Å²) < 4.78 is 5.42. The number of aromatic nitrogens is 2. The number of aryl methyl sites for hydroxylation is 1. The number of H-pyrrole nitrogens is 1. The van der Waals surface area contributed by atoms with Gasteiger partial charge >= 0.3 is 6.09 Å². The van der Waals surface area contributed by atoms with Gasteiger partial charge in [0.05, 0.1) is 11.3 Å². The van der Waals surface area contributed by atoms with E-state index in [0.29, 0.717) is 18.7 Å². The molecule has 40 heavy (non-hydrogen) atoms. The maximum absolute atomic E-state index is 12.1. The van der Waals surface area contributed by atoms with Crippen molar-refractivity contribution < 1.29 is 9.53 Å². The van der Waals surface area contributed by atoms with Gasteiger partial charge in [-0.2, -0.15) is 5.26 Å². The van der Waals surface area contributed by atoms with Crippen LogP contribution in [0.5, 0.6) is 0 Å². The quantitative estimate of drug-likeness (QED) is 0.255. The molecule has 3 heterocycles. The first-order valence-corrected chi connectivity index (χ1v) is 13.4. The van der Waals surface area contributed by atoms with E-state index in [4.69, 9.17) is 4.74 Å². The number of nitriles is 1. The molecule has 1 saturated heterocycles. The highest BCUT2D eigenvalue weighted by Gasteiger charge is 2.33. The molecule has 0 spiro atoms. The molecule has 0 unspecified atom stereocenters. The molecule has 3 N–H and O–H groups in total. The first-order chi connectivity index (χ1) is 19.2. The molecular weight excluding hydrogens is 500 g/mol. The van der Waals surface area contributed by atoms with E-state index in [1.165, 1.54) is 5.56 Å². The molecule has 0 radical (unpaired) electrons. The first kappa shape index (κ1) is 27.0. The fourth-order valence-corrected chi connectivity index (χ4v) is 4.66. The molecule has 1 amide bonds. The number of hydrogen-bond acceptors (Lipinski definition) is 6. The Balaban J connectivity index is 1.21. The normalized spacial score (nSPS) is 13.8. The van der Waals surface area contributed by atoms with Crippen molar-refractivity contribution in [3.05, 3.63) is 88.9 Å². The van der Waals surface area contributed by atoms with Crippen LogP contribution in [0.1, 0.15) is 48.6 Å². The minimum atomic E-state index is -0.477. The molecule has 4 aromatic rings. The van der Waals surface area contributed by atoms with Gasteiger partial charge in [-0.25, -0.2) is 4.79 Å². The number of hydrogen-bond donors (Lipinski definition) is 3. The standard InChI is InChI=1S/C32H34N6O2/c1-21-27-13-14-35-29(27)12-11-28(21)37-30-24(17-34-18-25(30)15-33)10-9-22-5-7-23(8-6-22)16-36-26-19-38(20-26)31(39)40-32(2,3)4/h5-14,17-18,26,35-36H,16,19-20H2,1-4H3,(H,34,37). The summed E-state index contributed by atoms with van der Waals surface area (Å²) in [5.41, 5.74) is 6.91. The lowest BCUT2D eigenvalue weighted by Gasteiger charge is -2.40. The van der Waals surface area contributed by atoms with E-state index in [1.807, 2.05) is 51.3 Å². The molecule has 1 aliphatic rings. The molecule has 0 bridgehead atoms. The lowest BCUT2D eigenvalue weighted by atomic mass is 10.1. The average Bonchev–Trinajstić information content (AvgIpc) is 3.38. The number of fused-ring (bicyclic) bond motifs is 1. The summed E-state index contributed by atoms with van der Waals surface area (Å²) in [5.74, 6) is 0. The van der Waals surface area contributed by atoms with Gasteiger partial charge < -0.3 is 25.3 Å². The Labute approximate surface area is 234 Å². The third kappa shape index (κ3) is 6.16. The van der Waals surface area contributed by atoms with Crippen molar-refractivity contribution >= 4 is 40.5 Å².